The van der Waals surface area contributed by atoms with Gasteiger partial charge < -0.3 is 5.11 Å². The van der Waals surface area contributed by atoms with Gasteiger partial charge in [-0.15, -0.1) is 6.58 Å². The number of aliphatic carboxylic acids is 1. The first kappa shape index (κ1) is 8.97. The molecule has 12 heavy (non-hydrogen) atoms. The van der Waals surface area contributed by atoms with Crippen LogP contribution in [0.4, 0.5) is 0 Å². The van der Waals surface area contributed by atoms with Gasteiger partial charge in [0.2, 0.25) is 0 Å². The van der Waals surface area contributed by atoms with Crippen molar-refractivity contribution < 1.29 is 14.7 Å². The third-order valence-electron chi connectivity index (χ3n) is 2.12. The maximum atomic E-state index is 11.2. The van der Waals surface area contributed by atoms with Crippen LogP contribution in [-0.4, -0.2) is 16.9 Å². The van der Waals surface area contributed by atoms with Crippen molar-refractivity contribution in [3.8, 4) is 0 Å². The molecule has 0 aromatic rings. The average Bonchev–Trinajstić information content (AvgIpc) is 2.78. The fraction of sp³-hybridized carbons (Fsp3) is 0.556. The van der Waals surface area contributed by atoms with E-state index in [2.05, 4.69) is 6.58 Å². The number of hydrogen-bond donors (Lipinski definition) is 1. The second kappa shape index (κ2) is 3.52. The number of ketones is 1. The van der Waals surface area contributed by atoms with Crippen LogP contribution in [-0.2, 0) is 9.59 Å². The van der Waals surface area contributed by atoms with Gasteiger partial charge in [-0.1, -0.05) is 6.08 Å². The predicted octanol–water partition coefficient (Wildman–Crippen LogP) is 1.24. The molecule has 0 spiro atoms. The molecule has 1 aliphatic rings. The van der Waals surface area contributed by atoms with E-state index in [1.165, 1.54) is 0 Å². The molecule has 1 saturated carbocycles. The highest BCUT2D eigenvalue weighted by Gasteiger charge is 2.47. The van der Waals surface area contributed by atoms with Crippen molar-refractivity contribution in [2.75, 3.05) is 0 Å². The first-order chi connectivity index (χ1) is 5.66. The molecule has 0 saturated heterocycles. The van der Waals surface area contributed by atoms with E-state index in [0.29, 0.717) is 19.3 Å². The van der Waals surface area contributed by atoms with Gasteiger partial charge >= 0.3 is 5.97 Å². The lowest BCUT2D eigenvalue weighted by Gasteiger charge is -1.93. The molecule has 2 atom stereocenters. The number of carbonyl (C=O) groups excluding carboxylic acids is 1. The molecule has 1 fully saturated rings. The van der Waals surface area contributed by atoms with Crippen LogP contribution in [0.3, 0.4) is 0 Å². The van der Waals surface area contributed by atoms with Gasteiger partial charge in [0, 0.05) is 12.3 Å². The minimum absolute atomic E-state index is 0.0716. The van der Waals surface area contributed by atoms with E-state index < -0.39 is 11.9 Å². The Morgan fingerprint density at radius 3 is 2.58 bits per heavy atom. The molecule has 0 heterocycles. The summed E-state index contributed by atoms with van der Waals surface area (Å²) in [7, 11) is 0. The maximum Gasteiger partial charge on any atom is 0.307 e. The molecule has 0 aromatic carbocycles. The van der Waals surface area contributed by atoms with Crippen molar-refractivity contribution in [3.63, 3.8) is 0 Å². The van der Waals surface area contributed by atoms with E-state index in [9.17, 15) is 9.59 Å². The van der Waals surface area contributed by atoms with Gasteiger partial charge in [-0.25, -0.2) is 0 Å². The largest absolute Gasteiger partial charge is 0.481 e. The summed E-state index contributed by atoms with van der Waals surface area (Å²) in [4.78, 5) is 21.5. The highest BCUT2D eigenvalue weighted by atomic mass is 16.4. The Morgan fingerprint density at radius 2 is 2.17 bits per heavy atom. The Kier molecular flexibility index (Phi) is 2.63. The van der Waals surface area contributed by atoms with Crippen molar-refractivity contribution in [3.05, 3.63) is 12.7 Å². The molecule has 1 aliphatic carbocycles. The number of rotatable bonds is 5. The number of carboxylic acid groups (broad SMARTS) is 1. The molecule has 1 N–H and O–H groups in total. The monoisotopic (exact) mass is 168 g/mol. The SMILES string of the molecule is C=CCCC(=O)[C@@H]1C[C@H]1C(=O)O. The summed E-state index contributed by atoms with van der Waals surface area (Å²) in [5.74, 6) is -1.38. The van der Waals surface area contributed by atoms with Crippen LogP contribution in [0.2, 0.25) is 0 Å². The third kappa shape index (κ3) is 1.94. The number of carbonyl (C=O) groups is 2. The normalized spacial score (nSPS) is 26.3. The Bertz CT molecular complexity index is 220. The van der Waals surface area contributed by atoms with E-state index in [1.54, 1.807) is 6.08 Å². The molecule has 0 aliphatic heterocycles. The molecule has 0 aromatic heterocycles. The van der Waals surface area contributed by atoms with Gasteiger partial charge in [0.1, 0.15) is 5.78 Å². The minimum atomic E-state index is -0.841. The molecular weight excluding hydrogens is 156 g/mol. The highest BCUT2D eigenvalue weighted by molar-refractivity contribution is 5.90. The summed E-state index contributed by atoms with van der Waals surface area (Å²) in [5, 5.41) is 8.53. The summed E-state index contributed by atoms with van der Waals surface area (Å²) in [5.41, 5.74) is 0. The van der Waals surface area contributed by atoms with Crippen molar-refractivity contribution >= 4 is 11.8 Å². The number of Topliss-reactive ketones (excluding diaryl/α,β-unsaturated/α-hetero) is 1. The summed E-state index contributed by atoms with van der Waals surface area (Å²) in [6, 6.07) is 0. The van der Waals surface area contributed by atoms with E-state index >= 15 is 0 Å². The third-order valence-corrected chi connectivity index (χ3v) is 2.12. The summed E-state index contributed by atoms with van der Waals surface area (Å²) in [6.07, 6.45) is 3.31. The van der Waals surface area contributed by atoms with Crippen LogP contribution in [0.25, 0.3) is 0 Å². The molecule has 3 nitrogen and oxygen atoms in total. The first-order valence-electron chi connectivity index (χ1n) is 4.03. The Morgan fingerprint density at radius 1 is 1.50 bits per heavy atom. The maximum absolute atomic E-state index is 11.2. The topological polar surface area (TPSA) is 54.4 Å². The summed E-state index contributed by atoms with van der Waals surface area (Å²) < 4.78 is 0. The lowest BCUT2D eigenvalue weighted by molar-refractivity contribution is -0.140. The smallest absolute Gasteiger partial charge is 0.307 e. The number of allylic oxidation sites excluding steroid dienone is 1. The molecule has 0 radical (unpaired) electrons. The van der Waals surface area contributed by atoms with Crippen LogP contribution in [0.5, 0.6) is 0 Å². The fourth-order valence-corrected chi connectivity index (χ4v) is 1.25. The molecule has 1 rings (SSSR count). The molecule has 3 heteroatoms. The zero-order chi connectivity index (χ0) is 9.14. The predicted molar refractivity (Wildman–Crippen MR) is 43.7 cm³/mol. The van der Waals surface area contributed by atoms with Crippen LogP contribution >= 0.6 is 0 Å². The summed E-state index contributed by atoms with van der Waals surface area (Å²) >= 11 is 0. The molecule has 0 unspecified atom stereocenters. The zero-order valence-electron chi connectivity index (χ0n) is 6.82. The average molecular weight is 168 g/mol. The van der Waals surface area contributed by atoms with Crippen LogP contribution in [0.1, 0.15) is 19.3 Å². The first-order valence-corrected chi connectivity index (χ1v) is 4.03. The van der Waals surface area contributed by atoms with Gasteiger partial charge in [-0.05, 0) is 12.8 Å². The number of hydrogen-bond acceptors (Lipinski definition) is 2. The minimum Gasteiger partial charge on any atom is -0.481 e. The van der Waals surface area contributed by atoms with Crippen LogP contribution < -0.4 is 0 Å². The van der Waals surface area contributed by atoms with E-state index in [1.807, 2.05) is 0 Å². The Hall–Kier alpha value is -1.12. The quantitative estimate of drug-likeness (QED) is 0.628. The Balaban J connectivity index is 2.28. The van der Waals surface area contributed by atoms with Crippen molar-refractivity contribution in [2.24, 2.45) is 11.8 Å². The lowest BCUT2D eigenvalue weighted by Crippen LogP contribution is -2.07. The summed E-state index contributed by atoms with van der Waals surface area (Å²) in [6.45, 7) is 3.50. The lowest BCUT2D eigenvalue weighted by atomic mass is 10.1. The molecule has 0 amide bonds. The van der Waals surface area contributed by atoms with Gasteiger partial charge in [0.25, 0.3) is 0 Å². The molecule has 66 valence electrons. The second-order valence-corrected chi connectivity index (χ2v) is 3.08. The Labute approximate surface area is 71.1 Å². The van der Waals surface area contributed by atoms with Crippen molar-refractivity contribution in [1.82, 2.24) is 0 Å². The van der Waals surface area contributed by atoms with Crippen LogP contribution in [0.15, 0.2) is 12.7 Å². The fourth-order valence-electron chi connectivity index (χ4n) is 1.25. The van der Waals surface area contributed by atoms with E-state index in [-0.39, 0.29) is 11.7 Å². The van der Waals surface area contributed by atoms with Gasteiger partial charge in [0.15, 0.2) is 0 Å². The standard InChI is InChI=1S/C9H12O3/c1-2-3-4-8(10)6-5-7(6)9(11)12/h2,6-7H,1,3-5H2,(H,11,12)/t6-,7-/m1/s1. The number of carboxylic acids is 1. The van der Waals surface area contributed by atoms with E-state index in [0.717, 1.165) is 0 Å². The zero-order valence-corrected chi connectivity index (χ0v) is 6.82. The molecule has 0 bridgehead atoms. The van der Waals surface area contributed by atoms with Gasteiger partial charge in [0.05, 0.1) is 5.92 Å². The van der Waals surface area contributed by atoms with Gasteiger partial charge in [-0.3, -0.25) is 9.59 Å². The van der Waals surface area contributed by atoms with Crippen molar-refractivity contribution in [2.45, 2.75) is 19.3 Å². The highest BCUT2D eigenvalue weighted by Crippen LogP contribution is 2.40. The second-order valence-electron chi connectivity index (χ2n) is 3.08. The van der Waals surface area contributed by atoms with Crippen molar-refractivity contribution in [1.29, 1.82) is 0 Å². The molecular formula is C9H12O3. The van der Waals surface area contributed by atoms with Crippen LogP contribution in [0, 0.1) is 11.8 Å². The van der Waals surface area contributed by atoms with E-state index in [4.69, 9.17) is 5.11 Å². The van der Waals surface area contributed by atoms with Gasteiger partial charge in [-0.2, -0.15) is 0 Å².